The molecule has 4 aromatic rings. The SMILES string of the molecule is CC#CCn1c(N2CCC[C@@H](N)C2)nc2c1c(=O)n(Cc1ccc(Br)cc1C(=O)OCc1oc(=O)oc1C)c(=O)n2C. The third-order valence-corrected chi connectivity index (χ3v) is 7.65. The third kappa shape index (κ3) is 5.57. The number of carbonyl (C=O) groups excluding carboxylic acids is 1. The molecule has 1 atom stereocenters. The average molecular weight is 641 g/mol. The van der Waals surface area contributed by atoms with E-state index in [0.717, 1.165) is 17.4 Å². The second kappa shape index (κ2) is 11.9. The second-order valence-corrected chi connectivity index (χ2v) is 10.9. The zero-order valence-electron chi connectivity index (χ0n) is 23.3. The number of carbonyl (C=O) groups is 1. The molecule has 2 N–H and O–H groups in total. The molecule has 0 spiro atoms. The fourth-order valence-corrected chi connectivity index (χ4v) is 5.36. The maximum absolute atomic E-state index is 14.0. The summed E-state index contributed by atoms with van der Waals surface area (Å²) in [7, 11) is 1.55. The molecule has 1 aliphatic rings. The standard InChI is InChI=1S/C28H29BrN6O7/c1-4-5-11-34-22-23(31-26(34)33-10-6-7-19(30)14-33)32(3)27(38)35(24(22)36)13-17-8-9-18(29)12-20(17)25(37)40-15-21-16(2)41-28(39)42-21/h8-9,12,19H,6-7,10-11,13-15,30H2,1-3H3/t19-/m1/s1. The fraction of sp³-hybridized carbons (Fsp3) is 0.393. The van der Waals surface area contributed by atoms with Crippen molar-refractivity contribution in [3.63, 3.8) is 0 Å². The van der Waals surface area contributed by atoms with Gasteiger partial charge >= 0.3 is 17.5 Å². The van der Waals surface area contributed by atoms with Crippen LogP contribution in [0.3, 0.4) is 0 Å². The lowest BCUT2D eigenvalue weighted by Gasteiger charge is -2.31. The Bertz CT molecular complexity index is 1920. The zero-order valence-corrected chi connectivity index (χ0v) is 24.9. The number of aryl methyl sites for hydroxylation is 2. The summed E-state index contributed by atoms with van der Waals surface area (Å²) in [6, 6.07) is 4.82. The van der Waals surface area contributed by atoms with E-state index in [4.69, 9.17) is 24.3 Å². The number of anilines is 1. The summed E-state index contributed by atoms with van der Waals surface area (Å²) in [6.07, 6.45) is 1.77. The van der Waals surface area contributed by atoms with E-state index in [-0.39, 0.29) is 54.0 Å². The average Bonchev–Trinajstić information content (AvgIpc) is 3.51. The maximum Gasteiger partial charge on any atom is 0.519 e. The minimum absolute atomic E-state index is 0.0335. The molecule has 4 heterocycles. The van der Waals surface area contributed by atoms with Gasteiger partial charge in [-0.2, -0.15) is 4.98 Å². The smallest absolute Gasteiger partial charge is 0.454 e. The Balaban J connectivity index is 1.57. The molecule has 5 rings (SSSR count). The van der Waals surface area contributed by atoms with Crippen LogP contribution in [0.15, 0.2) is 45.9 Å². The monoisotopic (exact) mass is 640 g/mol. The molecule has 13 nitrogen and oxygen atoms in total. The van der Waals surface area contributed by atoms with Gasteiger partial charge in [0.2, 0.25) is 5.95 Å². The third-order valence-electron chi connectivity index (χ3n) is 7.16. The highest BCUT2D eigenvalue weighted by molar-refractivity contribution is 9.10. The molecular formula is C28H29BrN6O7. The molecule has 14 heteroatoms. The minimum atomic E-state index is -0.900. The summed E-state index contributed by atoms with van der Waals surface area (Å²) < 4.78 is 19.8. The lowest BCUT2D eigenvalue weighted by molar-refractivity contribution is 0.0441. The minimum Gasteiger partial charge on any atom is -0.454 e. The molecule has 1 fully saturated rings. The van der Waals surface area contributed by atoms with E-state index in [0.29, 0.717) is 29.1 Å². The van der Waals surface area contributed by atoms with Crippen molar-refractivity contribution in [3.05, 3.63) is 76.8 Å². The van der Waals surface area contributed by atoms with Crippen molar-refractivity contribution in [2.45, 2.75) is 52.4 Å². The first-order chi connectivity index (χ1) is 20.1. The largest absolute Gasteiger partial charge is 0.519 e. The van der Waals surface area contributed by atoms with Crippen LogP contribution < -0.4 is 27.7 Å². The highest BCUT2D eigenvalue weighted by Gasteiger charge is 2.27. The summed E-state index contributed by atoms with van der Waals surface area (Å²) in [4.78, 5) is 58.7. The number of ether oxygens (including phenoxy) is 1. The highest BCUT2D eigenvalue weighted by Crippen LogP contribution is 2.24. The van der Waals surface area contributed by atoms with Crippen molar-refractivity contribution < 1.29 is 18.4 Å². The topological polar surface area (TPSA) is 161 Å². The van der Waals surface area contributed by atoms with E-state index in [1.807, 2.05) is 4.90 Å². The molecule has 0 amide bonds. The zero-order chi connectivity index (χ0) is 30.1. The number of fused-ring (bicyclic) bond motifs is 1. The summed E-state index contributed by atoms with van der Waals surface area (Å²) in [5.41, 5.74) is 6.01. The number of imidazole rings is 1. The van der Waals surface area contributed by atoms with Gasteiger partial charge in [0.05, 0.1) is 18.7 Å². The number of rotatable bonds is 7. The molecule has 3 aromatic heterocycles. The Morgan fingerprint density at radius 3 is 2.71 bits per heavy atom. The Kier molecular flexibility index (Phi) is 8.24. The predicted octanol–water partition coefficient (Wildman–Crippen LogP) is 1.87. The first kappa shape index (κ1) is 29.2. The summed E-state index contributed by atoms with van der Waals surface area (Å²) in [5.74, 6) is 5.02. The lowest BCUT2D eigenvalue weighted by Crippen LogP contribution is -2.44. The Hall–Kier alpha value is -4.35. The molecule has 1 aliphatic heterocycles. The van der Waals surface area contributed by atoms with Gasteiger partial charge in [-0.05, 0) is 44.4 Å². The van der Waals surface area contributed by atoms with E-state index in [2.05, 4.69) is 27.8 Å². The highest BCUT2D eigenvalue weighted by atomic mass is 79.9. The number of nitrogens with two attached hydrogens (primary N) is 1. The number of hydrogen-bond donors (Lipinski definition) is 1. The van der Waals surface area contributed by atoms with Crippen LogP contribution >= 0.6 is 15.9 Å². The Labute approximate surface area is 247 Å². The van der Waals surface area contributed by atoms with Crippen LogP contribution in [0.1, 0.15) is 47.2 Å². The van der Waals surface area contributed by atoms with Gasteiger partial charge in [-0.1, -0.05) is 27.9 Å². The number of piperidine rings is 1. The van der Waals surface area contributed by atoms with E-state index in [1.54, 1.807) is 30.7 Å². The summed E-state index contributed by atoms with van der Waals surface area (Å²) >= 11 is 3.36. The molecule has 0 unspecified atom stereocenters. The molecule has 0 bridgehead atoms. The van der Waals surface area contributed by atoms with Crippen LogP contribution in [0.2, 0.25) is 0 Å². The lowest BCUT2D eigenvalue weighted by atomic mass is 10.1. The van der Waals surface area contributed by atoms with Gasteiger partial charge in [0, 0.05) is 30.7 Å². The maximum atomic E-state index is 14.0. The Morgan fingerprint density at radius 1 is 1.24 bits per heavy atom. The molecule has 42 heavy (non-hydrogen) atoms. The molecular weight excluding hydrogens is 612 g/mol. The molecule has 0 saturated carbocycles. The van der Waals surface area contributed by atoms with E-state index in [9.17, 15) is 19.2 Å². The quantitative estimate of drug-likeness (QED) is 0.233. The van der Waals surface area contributed by atoms with Crippen molar-refractivity contribution in [1.82, 2.24) is 18.7 Å². The van der Waals surface area contributed by atoms with E-state index >= 15 is 0 Å². The molecule has 0 aliphatic carbocycles. The van der Waals surface area contributed by atoms with Crippen molar-refractivity contribution in [2.24, 2.45) is 12.8 Å². The number of halogens is 1. The number of nitrogens with zero attached hydrogens (tertiary/aromatic N) is 5. The summed E-state index contributed by atoms with van der Waals surface area (Å²) in [5, 5.41) is 0. The van der Waals surface area contributed by atoms with Crippen LogP contribution in [-0.4, -0.2) is 43.8 Å². The molecule has 220 valence electrons. The van der Waals surface area contributed by atoms with Gasteiger partial charge < -0.3 is 24.2 Å². The van der Waals surface area contributed by atoms with Crippen LogP contribution in [0, 0.1) is 18.8 Å². The second-order valence-electron chi connectivity index (χ2n) is 9.99. The number of esters is 1. The van der Waals surface area contributed by atoms with Crippen molar-refractivity contribution in [1.29, 1.82) is 0 Å². The van der Waals surface area contributed by atoms with E-state index in [1.165, 1.54) is 17.6 Å². The van der Waals surface area contributed by atoms with Crippen LogP contribution in [0.5, 0.6) is 0 Å². The van der Waals surface area contributed by atoms with Crippen molar-refractivity contribution in [3.8, 4) is 11.8 Å². The van der Waals surface area contributed by atoms with Gasteiger partial charge in [0.25, 0.3) is 5.56 Å². The first-order valence-corrected chi connectivity index (χ1v) is 14.0. The molecule has 0 radical (unpaired) electrons. The summed E-state index contributed by atoms with van der Waals surface area (Å²) in [6.45, 7) is 4.14. The van der Waals surface area contributed by atoms with Gasteiger partial charge in [0.1, 0.15) is 0 Å². The number of hydrogen-bond acceptors (Lipinski definition) is 10. The van der Waals surface area contributed by atoms with Gasteiger partial charge in [-0.25, -0.2) is 14.4 Å². The van der Waals surface area contributed by atoms with Gasteiger partial charge in [0.15, 0.2) is 29.3 Å². The number of aromatic nitrogens is 4. The number of benzene rings is 1. The molecule has 1 aromatic carbocycles. The van der Waals surface area contributed by atoms with Crippen molar-refractivity contribution in [2.75, 3.05) is 18.0 Å². The first-order valence-electron chi connectivity index (χ1n) is 13.2. The van der Waals surface area contributed by atoms with Crippen molar-refractivity contribution >= 4 is 39.0 Å². The molecule has 1 saturated heterocycles. The van der Waals surface area contributed by atoms with E-state index < -0.39 is 23.0 Å². The van der Waals surface area contributed by atoms with Crippen LogP contribution in [-0.2, 0) is 31.5 Å². The normalized spacial score (nSPS) is 15.1. The Morgan fingerprint density at radius 2 is 2.02 bits per heavy atom. The fourth-order valence-electron chi connectivity index (χ4n) is 5.00. The van der Waals surface area contributed by atoms with Gasteiger partial charge in [-0.3, -0.25) is 18.5 Å². The van der Waals surface area contributed by atoms with Crippen LogP contribution in [0.25, 0.3) is 11.2 Å². The van der Waals surface area contributed by atoms with Gasteiger partial charge in [-0.15, -0.1) is 5.92 Å². The van der Waals surface area contributed by atoms with Crippen LogP contribution in [0.4, 0.5) is 5.95 Å². The predicted molar refractivity (Wildman–Crippen MR) is 156 cm³/mol.